The molecule has 1 N–H and O–H groups in total. The summed E-state index contributed by atoms with van der Waals surface area (Å²) in [4.78, 5) is 45.7. The number of piperidine rings is 1. The third-order valence-corrected chi connectivity index (χ3v) is 7.05. The molecule has 7 heteroatoms. The number of likely N-dealkylation sites (tertiary alicyclic amines) is 1. The number of aromatic nitrogens is 1. The Balaban J connectivity index is 1.42. The van der Waals surface area contributed by atoms with Crippen LogP contribution in [0.1, 0.15) is 53.0 Å². The minimum atomic E-state index is -0.333. The maximum atomic E-state index is 13.5. The van der Waals surface area contributed by atoms with Gasteiger partial charge >= 0.3 is 5.97 Å². The van der Waals surface area contributed by atoms with E-state index in [1.807, 2.05) is 49.4 Å². The molecule has 2 aromatic carbocycles. The Morgan fingerprint density at radius 1 is 1.06 bits per heavy atom. The number of rotatable bonds is 5. The van der Waals surface area contributed by atoms with Crippen molar-refractivity contribution in [2.24, 2.45) is 5.92 Å². The van der Waals surface area contributed by atoms with Crippen LogP contribution in [0.15, 0.2) is 48.5 Å². The Labute approximate surface area is 198 Å². The molecule has 2 aliphatic heterocycles. The van der Waals surface area contributed by atoms with Gasteiger partial charge in [0.2, 0.25) is 5.91 Å². The van der Waals surface area contributed by atoms with Crippen molar-refractivity contribution in [2.45, 2.75) is 32.7 Å². The third-order valence-electron chi connectivity index (χ3n) is 7.05. The van der Waals surface area contributed by atoms with Crippen molar-refractivity contribution in [3.8, 4) is 0 Å². The largest absolute Gasteiger partial charge is 0.466 e. The Kier molecular flexibility index (Phi) is 5.86. The van der Waals surface area contributed by atoms with Crippen molar-refractivity contribution in [1.29, 1.82) is 0 Å². The lowest BCUT2D eigenvalue weighted by atomic mass is 9.95. The van der Waals surface area contributed by atoms with E-state index >= 15 is 0 Å². The van der Waals surface area contributed by atoms with Gasteiger partial charge in [-0.05, 0) is 44.4 Å². The molecule has 0 saturated carbocycles. The number of esters is 1. The first-order valence-corrected chi connectivity index (χ1v) is 11.9. The number of amides is 2. The number of carbonyl (C=O) groups is 3. The number of nitrogens with one attached hydrogen (secondary N) is 1. The maximum absolute atomic E-state index is 13.5. The molecular formula is C27H29N3O4. The number of benzene rings is 2. The molecule has 0 radical (unpaired) electrons. The summed E-state index contributed by atoms with van der Waals surface area (Å²) in [5.41, 5.74) is 4.60. The van der Waals surface area contributed by atoms with Crippen LogP contribution in [-0.2, 0) is 14.3 Å². The van der Waals surface area contributed by atoms with Gasteiger partial charge in [0.25, 0.3) is 5.91 Å². The van der Waals surface area contributed by atoms with Crippen LogP contribution < -0.4 is 0 Å². The summed E-state index contributed by atoms with van der Waals surface area (Å²) in [7, 11) is 0. The van der Waals surface area contributed by atoms with Crippen molar-refractivity contribution in [3.63, 3.8) is 0 Å². The van der Waals surface area contributed by atoms with Crippen molar-refractivity contribution in [2.75, 3.05) is 26.2 Å². The number of hydrogen-bond acceptors (Lipinski definition) is 4. The Morgan fingerprint density at radius 3 is 2.53 bits per heavy atom. The van der Waals surface area contributed by atoms with E-state index in [-0.39, 0.29) is 36.3 Å². The fourth-order valence-corrected chi connectivity index (χ4v) is 5.37. The normalized spacial score (nSPS) is 18.4. The van der Waals surface area contributed by atoms with E-state index in [4.69, 9.17) is 4.74 Å². The second-order valence-electron chi connectivity index (χ2n) is 9.04. The Bertz CT molecular complexity index is 1260. The molecule has 176 valence electrons. The molecule has 0 bridgehead atoms. The summed E-state index contributed by atoms with van der Waals surface area (Å²) in [6, 6.07) is 15.3. The highest BCUT2D eigenvalue weighted by atomic mass is 16.5. The van der Waals surface area contributed by atoms with Crippen molar-refractivity contribution in [1.82, 2.24) is 14.8 Å². The van der Waals surface area contributed by atoms with E-state index in [0.717, 1.165) is 27.7 Å². The summed E-state index contributed by atoms with van der Waals surface area (Å²) in [6.07, 6.45) is 1.17. The van der Waals surface area contributed by atoms with E-state index in [1.165, 1.54) is 0 Å². The SMILES string of the molecule is CCOC(=O)C1CCN(C(=O)CN2C(=O)c3ccccc3[C@H]2c2c(C)[nH]c3ccccc23)CC1. The van der Waals surface area contributed by atoms with Gasteiger partial charge in [-0.3, -0.25) is 14.4 Å². The molecule has 7 nitrogen and oxygen atoms in total. The number of H-pyrrole nitrogens is 1. The summed E-state index contributed by atoms with van der Waals surface area (Å²) in [5.74, 6) is -0.566. The highest BCUT2D eigenvalue weighted by Crippen LogP contribution is 2.42. The molecule has 1 atom stereocenters. The van der Waals surface area contributed by atoms with Crippen LogP contribution in [-0.4, -0.2) is 58.8 Å². The number of hydrogen-bond donors (Lipinski definition) is 1. The van der Waals surface area contributed by atoms with Gasteiger partial charge in [-0.15, -0.1) is 0 Å². The number of nitrogens with zero attached hydrogens (tertiary/aromatic N) is 2. The fraction of sp³-hybridized carbons (Fsp3) is 0.370. The van der Waals surface area contributed by atoms with Gasteiger partial charge in [-0.25, -0.2) is 0 Å². The van der Waals surface area contributed by atoms with Crippen molar-refractivity contribution in [3.05, 3.63) is 70.9 Å². The number of carbonyl (C=O) groups excluding carboxylic acids is 3. The van der Waals surface area contributed by atoms with Crippen LogP contribution in [0.2, 0.25) is 0 Å². The number of aryl methyl sites for hydroxylation is 1. The standard InChI is InChI=1S/C27H29N3O4/c1-3-34-27(33)18-12-14-29(15-13-18)23(31)16-30-25(19-8-4-5-9-20(19)26(30)32)24-17(2)28-22-11-7-6-10-21(22)24/h4-11,18,25,28H,3,12-16H2,1-2H3/t25-/m0/s1. The third kappa shape index (κ3) is 3.75. The Morgan fingerprint density at radius 2 is 1.76 bits per heavy atom. The number of para-hydroxylation sites is 1. The van der Waals surface area contributed by atoms with Crippen LogP contribution in [0, 0.1) is 12.8 Å². The lowest BCUT2D eigenvalue weighted by molar-refractivity contribution is -0.151. The van der Waals surface area contributed by atoms with Crippen LogP contribution in [0.25, 0.3) is 10.9 Å². The molecular weight excluding hydrogens is 430 g/mol. The maximum Gasteiger partial charge on any atom is 0.309 e. The molecule has 1 fully saturated rings. The number of ether oxygens (including phenoxy) is 1. The summed E-state index contributed by atoms with van der Waals surface area (Å²) >= 11 is 0. The molecule has 5 rings (SSSR count). The van der Waals surface area contributed by atoms with Gasteiger partial charge in [0.1, 0.15) is 6.54 Å². The first-order valence-electron chi connectivity index (χ1n) is 11.9. The van der Waals surface area contributed by atoms with Gasteiger partial charge in [0.05, 0.1) is 18.6 Å². The van der Waals surface area contributed by atoms with Gasteiger partial charge < -0.3 is 19.5 Å². The van der Waals surface area contributed by atoms with Crippen molar-refractivity contribution < 1.29 is 19.1 Å². The highest BCUT2D eigenvalue weighted by Gasteiger charge is 2.41. The predicted molar refractivity (Wildman–Crippen MR) is 128 cm³/mol. The minimum Gasteiger partial charge on any atom is -0.466 e. The molecule has 0 aliphatic carbocycles. The van der Waals surface area contributed by atoms with Crippen molar-refractivity contribution >= 4 is 28.7 Å². The van der Waals surface area contributed by atoms with E-state index in [0.29, 0.717) is 38.1 Å². The zero-order valence-corrected chi connectivity index (χ0v) is 19.5. The number of fused-ring (bicyclic) bond motifs is 2. The smallest absolute Gasteiger partial charge is 0.309 e. The second kappa shape index (κ2) is 8.97. The molecule has 1 saturated heterocycles. The quantitative estimate of drug-likeness (QED) is 0.588. The zero-order valence-electron chi connectivity index (χ0n) is 19.5. The monoisotopic (exact) mass is 459 g/mol. The Hall–Kier alpha value is -3.61. The lowest BCUT2D eigenvalue weighted by Crippen LogP contribution is -2.46. The average molecular weight is 460 g/mol. The van der Waals surface area contributed by atoms with Gasteiger partial charge in [-0.2, -0.15) is 0 Å². The topological polar surface area (TPSA) is 82.7 Å². The van der Waals surface area contributed by atoms with E-state index < -0.39 is 0 Å². The summed E-state index contributed by atoms with van der Waals surface area (Å²) in [5, 5.41) is 1.06. The van der Waals surface area contributed by atoms with Crippen LogP contribution >= 0.6 is 0 Å². The van der Waals surface area contributed by atoms with Gasteiger partial charge in [0.15, 0.2) is 0 Å². The fourth-order valence-electron chi connectivity index (χ4n) is 5.37. The molecule has 0 spiro atoms. The first-order chi connectivity index (χ1) is 16.5. The molecule has 2 amide bonds. The van der Waals surface area contributed by atoms with Gasteiger partial charge in [-0.1, -0.05) is 36.4 Å². The highest BCUT2D eigenvalue weighted by molar-refractivity contribution is 6.02. The molecule has 2 aliphatic rings. The molecule has 3 aromatic rings. The lowest BCUT2D eigenvalue weighted by Gasteiger charge is -2.33. The van der Waals surface area contributed by atoms with Crippen LogP contribution in [0.5, 0.6) is 0 Å². The zero-order chi connectivity index (χ0) is 23.8. The summed E-state index contributed by atoms with van der Waals surface area (Å²) in [6.45, 7) is 5.17. The van der Waals surface area contributed by atoms with E-state index in [1.54, 1.807) is 16.7 Å². The average Bonchev–Trinajstić information content (AvgIpc) is 3.32. The molecule has 1 aromatic heterocycles. The first kappa shape index (κ1) is 22.2. The van der Waals surface area contributed by atoms with Crippen LogP contribution in [0.3, 0.4) is 0 Å². The molecule has 3 heterocycles. The number of aromatic amines is 1. The van der Waals surface area contributed by atoms with Gasteiger partial charge in [0, 0.05) is 40.8 Å². The van der Waals surface area contributed by atoms with Crippen LogP contribution in [0.4, 0.5) is 0 Å². The second-order valence-corrected chi connectivity index (χ2v) is 9.04. The summed E-state index contributed by atoms with van der Waals surface area (Å²) < 4.78 is 5.14. The van der Waals surface area contributed by atoms with E-state index in [9.17, 15) is 14.4 Å². The predicted octanol–water partition coefficient (Wildman–Crippen LogP) is 3.82. The van der Waals surface area contributed by atoms with E-state index in [2.05, 4.69) is 11.1 Å². The molecule has 34 heavy (non-hydrogen) atoms. The molecule has 0 unspecified atom stereocenters. The minimum absolute atomic E-state index is 0.00119.